The van der Waals surface area contributed by atoms with Crippen LogP contribution in [0.15, 0.2) is 36.4 Å². The molecule has 0 saturated carbocycles. The lowest BCUT2D eigenvalue weighted by atomic mass is 9.91. The Labute approximate surface area is 131 Å². The van der Waals surface area contributed by atoms with Gasteiger partial charge in [-0.05, 0) is 29.3 Å². The van der Waals surface area contributed by atoms with Gasteiger partial charge >= 0.3 is 0 Å². The second kappa shape index (κ2) is 6.46. The monoisotopic (exact) mass is 304 g/mol. The van der Waals surface area contributed by atoms with E-state index >= 15 is 0 Å². The summed E-state index contributed by atoms with van der Waals surface area (Å²) in [5.74, 6) is 0.600. The second-order valence-electron chi connectivity index (χ2n) is 6.07. The highest BCUT2D eigenvalue weighted by atomic mass is 35.5. The third kappa shape index (κ3) is 4.45. The van der Waals surface area contributed by atoms with E-state index in [1.807, 2.05) is 36.4 Å². The van der Waals surface area contributed by atoms with Gasteiger partial charge in [-0.2, -0.15) is 0 Å². The molecule has 4 heteroatoms. The van der Waals surface area contributed by atoms with Crippen LogP contribution in [0.4, 0.5) is 0 Å². The van der Waals surface area contributed by atoms with Gasteiger partial charge in [0.25, 0.3) is 0 Å². The topological polar surface area (TPSA) is 48.1 Å². The van der Waals surface area contributed by atoms with Crippen molar-refractivity contribution in [1.82, 2.24) is 4.98 Å². The summed E-state index contributed by atoms with van der Waals surface area (Å²) in [6, 6.07) is 11.5. The lowest BCUT2D eigenvalue weighted by Gasteiger charge is -2.19. The van der Waals surface area contributed by atoms with Crippen molar-refractivity contribution in [3.63, 3.8) is 0 Å². The third-order valence-corrected chi connectivity index (χ3v) is 3.38. The number of nitrogens with two attached hydrogens (primary N) is 1. The van der Waals surface area contributed by atoms with Gasteiger partial charge < -0.3 is 10.5 Å². The summed E-state index contributed by atoms with van der Waals surface area (Å²) >= 11 is 5.97. The number of rotatable bonds is 4. The predicted molar refractivity (Wildman–Crippen MR) is 86.6 cm³/mol. The first-order valence-corrected chi connectivity index (χ1v) is 7.35. The van der Waals surface area contributed by atoms with Crippen molar-refractivity contribution in [3.8, 4) is 5.88 Å². The quantitative estimate of drug-likeness (QED) is 0.926. The number of hydrogen-bond acceptors (Lipinski definition) is 3. The highest BCUT2D eigenvalue weighted by Crippen LogP contribution is 2.24. The van der Waals surface area contributed by atoms with Crippen LogP contribution in [0.2, 0.25) is 5.02 Å². The molecule has 112 valence electrons. The summed E-state index contributed by atoms with van der Waals surface area (Å²) in [4.78, 5) is 4.58. The molecule has 1 aromatic heterocycles. The highest BCUT2D eigenvalue weighted by molar-refractivity contribution is 6.30. The van der Waals surface area contributed by atoms with E-state index < -0.39 is 0 Å². The number of aromatic nitrogens is 1. The Morgan fingerprint density at radius 3 is 2.52 bits per heavy atom. The van der Waals surface area contributed by atoms with Crippen molar-refractivity contribution in [3.05, 3.63) is 58.2 Å². The van der Waals surface area contributed by atoms with Gasteiger partial charge in [-0.1, -0.05) is 44.5 Å². The fourth-order valence-corrected chi connectivity index (χ4v) is 2.13. The van der Waals surface area contributed by atoms with Crippen LogP contribution in [0.25, 0.3) is 0 Å². The molecule has 0 amide bonds. The summed E-state index contributed by atoms with van der Waals surface area (Å²) < 4.78 is 5.80. The number of hydrogen-bond donors (Lipinski definition) is 1. The number of halogens is 1. The minimum atomic E-state index is -0.0423. The van der Waals surface area contributed by atoms with Gasteiger partial charge in [0, 0.05) is 23.0 Å². The van der Waals surface area contributed by atoms with E-state index in [0.29, 0.717) is 24.1 Å². The standard InChI is InChI=1S/C17H21ClN2O/c1-17(2,3)15-8-13(10-19)9-16(20-15)21-11-12-5-4-6-14(18)7-12/h4-9H,10-11,19H2,1-3H3. The summed E-state index contributed by atoms with van der Waals surface area (Å²) in [7, 11) is 0. The van der Waals surface area contributed by atoms with E-state index in [-0.39, 0.29) is 5.41 Å². The Hall–Kier alpha value is -1.58. The average molecular weight is 305 g/mol. The lowest BCUT2D eigenvalue weighted by Crippen LogP contribution is -2.15. The molecular weight excluding hydrogens is 284 g/mol. The molecule has 0 atom stereocenters. The van der Waals surface area contributed by atoms with Gasteiger partial charge in [0.1, 0.15) is 6.61 Å². The maximum absolute atomic E-state index is 5.97. The van der Waals surface area contributed by atoms with Crippen LogP contribution >= 0.6 is 11.6 Å². The van der Waals surface area contributed by atoms with Crippen LogP contribution < -0.4 is 10.5 Å². The smallest absolute Gasteiger partial charge is 0.214 e. The number of ether oxygens (including phenoxy) is 1. The van der Waals surface area contributed by atoms with E-state index in [0.717, 1.165) is 16.8 Å². The third-order valence-electron chi connectivity index (χ3n) is 3.14. The lowest BCUT2D eigenvalue weighted by molar-refractivity contribution is 0.291. The van der Waals surface area contributed by atoms with Crippen molar-refractivity contribution in [1.29, 1.82) is 0 Å². The fraction of sp³-hybridized carbons (Fsp3) is 0.353. The molecule has 2 N–H and O–H groups in total. The van der Waals surface area contributed by atoms with Gasteiger partial charge in [-0.3, -0.25) is 0 Å². The molecule has 0 aliphatic heterocycles. The number of nitrogens with zero attached hydrogens (tertiary/aromatic N) is 1. The molecule has 0 radical (unpaired) electrons. The normalized spacial score (nSPS) is 11.5. The van der Waals surface area contributed by atoms with Gasteiger partial charge in [-0.15, -0.1) is 0 Å². The second-order valence-corrected chi connectivity index (χ2v) is 6.51. The molecule has 21 heavy (non-hydrogen) atoms. The van der Waals surface area contributed by atoms with E-state index in [1.165, 1.54) is 0 Å². The first-order chi connectivity index (χ1) is 9.88. The van der Waals surface area contributed by atoms with E-state index in [1.54, 1.807) is 0 Å². The molecule has 0 fully saturated rings. The Bertz CT molecular complexity index is 620. The zero-order valence-electron chi connectivity index (χ0n) is 12.7. The summed E-state index contributed by atoms with van der Waals surface area (Å²) in [6.45, 7) is 7.27. The van der Waals surface area contributed by atoms with Gasteiger partial charge in [0.15, 0.2) is 0 Å². The molecule has 3 nitrogen and oxygen atoms in total. The molecule has 0 spiro atoms. The molecule has 0 bridgehead atoms. The Morgan fingerprint density at radius 2 is 1.90 bits per heavy atom. The van der Waals surface area contributed by atoms with Crippen LogP contribution in [0.3, 0.4) is 0 Å². The van der Waals surface area contributed by atoms with Crippen LogP contribution in [0.1, 0.15) is 37.6 Å². The Kier molecular flexibility index (Phi) is 4.86. The van der Waals surface area contributed by atoms with Crippen molar-refractivity contribution in [2.24, 2.45) is 5.73 Å². The minimum Gasteiger partial charge on any atom is -0.473 e. The molecule has 2 aromatic rings. The Balaban J connectivity index is 2.19. The van der Waals surface area contributed by atoms with Crippen LogP contribution in [0, 0.1) is 0 Å². The Morgan fingerprint density at radius 1 is 1.14 bits per heavy atom. The minimum absolute atomic E-state index is 0.0423. The molecule has 1 aromatic carbocycles. The molecule has 1 heterocycles. The van der Waals surface area contributed by atoms with Crippen molar-refractivity contribution < 1.29 is 4.74 Å². The first kappa shape index (κ1) is 15.8. The average Bonchev–Trinajstić information content (AvgIpc) is 2.44. The van der Waals surface area contributed by atoms with Crippen molar-refractivity contribution in [2.45, 2.75) is 39.3 Å². The molecular formula is C17H21ClN2O. The summed E-state index contributed by atoms with van der Waals surface area (Å²) in [5, 5.41) is 0.704. The SMILES string of the molecule is CC(C)(C)c1cc(CN)cc(OCc2cccc(Cl)c2)n1. The zero-order chi connectivity index (χ0) is 15.5. The molecule has 0 aliphatic carbocycles. The molecule has 0 aliphatic rings. The maximum Gasteiger partial charge on any atom is 0.214 e. The molecule has 0 unspecified atom stereocenters. The number of benzene rings is 1. The predicted octanol–water partition coefficient (Wildman–Crippen LogP) is 4.07. The fourth-order valence-electron chi connectivity index (χ4n) is 1.92. The van der Waals surface area contributed by atoms with Crippen LogP contribution in [-0.2, 0) is 18.6 Å². The first-order valence-electron chi connectivity index (χ1n) is 6.97. The van der Waals surface area contributed by atoms with Crippen LogP contribution in [-0.4, -0.2) is 4.98 Å². The van der Waals surface area contributed by atoms with Gasteiger partial charge in [0.2, 0.25) is 5.88 Å². The number of pyridine rings is 1. The van der Waals surface area contributed by atoms with E-state index in [4.69, 9.17) is 22.1 Å². The molecule has 2 rings (SSSR count). The maximum atomic E-state index is 5.97. The van der Waals surface area contributed by atoms with Gasteiger partial charge in [0.05, 0.1) is 5.69 Å². The molecule has 0 saturated heterocycles. The van der Waals surface area contributed by atoms with Gasteiger partial charge in [-0.25, -0.2) is 4.98 Å². The summed E-state index contributed by atoms with van der Waals surface area (Å²) in [5.41, 5.74) is 8.73. The summed E-state index contributed by atoms with van der Waals surface area (Å²) in [6.07, 6.45) is 0. The largest absolute Gasteiger partial charge is 0.473 e. The van der Waals surface area contributed by atoms with Crippen LogP contribution in [0.5, 0.6) is 5.88 Å². The van der Waals surface area contributed by atoms with E-state index in [2.05, 4.69) is 25.8 Å². The highest BCUT2D eigenvalue weighted by Gasteiger charge is 2.17. The van der Waals surface area contributed by atoms with Crippen molar-refractivity contribution >= 4 is 11.6 Å². The van der Waals surface area contributed by atoms with E-state index in [9.17, 15) is 0 Å². The zero-order valence-corrected chi connectivity index (χ0v) is 13.4. The van der Waals surface area contributed by atoms with Crippen molar-refractivity contribution in [2.75, 3.05) is 0 Å².